The van der Waals surface area contributed by atoms with Crippen molar-refractivity contribution in [3.8, 4) is 0 Å². The Morgan fingerprint density at radius 2 is 1.82 bits per heavy atom. The van der Waals surface area contributed by atoms with E-state index >= 15 is 0 Å². The number of nitrogens with one attached hydrogen (secondary N) is 3. The number of halogens is 2. The van der Waals surface area contributed by atoms with Gasteiger partial charge in [-0.05, 0) is 37.6 Å². The van der Waals surface area contributed by atoms with E-state index in [1.807, 2.05) is 0 Å². The topological polar surface area (TPSA) is 113 Å². The number of rotatable bonds is 6. The number of carbonyl (C=O) groups is 2. The van der Waals surface area contributed by atoms with E-state index in [0.717, 1.165) is 11.6 Å². The van der Waals surface area contributed by atoms with Gasteiger partial charge in [0.25, 0.3) is 11.6 Å². The number of carbonyl (C=O) groups excluding carboxylic acids is 2. The molecule has 2 aromatic carbocycles. The Balaban J connectivity index is 1.98. The van der Waals surface area contributed by atoms with Gasteiger partial charge in [-0.2, -0.15) is 0 Å². The van der Waals surface area contributed by atoms with Crippen LogP contribution in [0.3, 0.4) is 0 Å². The molecule has 2 amide bonds. The molecule has 0 unspecified atom stereocenters. The van der Waals surface area contributed by atoms with Crippen LogP contribution in [0, 0.1) is 17.0 Å². The molecule has 8 nitrogen and oxygen atoms in total. The van der Waals surface area contributed by atoms with Gasteiger partial charge >= 0.3 is 0 Å². The summed E-state index contributed by atoms with van der Waals surface area (Å²) in [4.78, 5) is 34.3. The summed E-state index contributed by atoms with van der Waals surface area (Å²) < 4.78 is 0. The lowest BCUT2D eigenvalue weighted by atomic mass is 10.2. The van der Waals surface area contributed by atoms with Crippen LogP contribution in [0.4, 0.5) is 11.4 Å². The predicted molar refractivity (Wildman–Crippen MR) is 107 cm³/mol. The van der Waals surface area contributed by atoms with E-state index < -0.39 is 16.7 Å². The average molecular weight is 423 g/mol. The molecule has 0 saturated heterocycles. The summed E-state index contributed by atoms with van der Waals surface area (Å²) in [5.74, 6) is -1.03. The first-order valence-corrected chi connectivity index (χ1v) is 8.69. The van der Waals surface area contributed by atoms with Gasteiger partial charge in [-0.3, -0.25) is 25.1 Å². The standard InChI is InChI=1S/C18H16Cl2N4O4/c1-10(8-17(25)21-16-5-3-4-14(19)11(16)2)22-23-18(26)13-7-6-12(24(27)28)9-15(13)20/h3-9,22H,1-2H3,(H,21,25)(H,23,26). The average Bonchev–Trinajstić information content (AvgIpc) is 2.63. The van der Waals surface area contributed by atoms with E-state index in [-0.39, 0.29) is 16.3 Å². The van der Waals surface area contributed by atoms with Crippen molar-refractivity contribution < 1.29 is 14.5 Å². The van der Waals surface area contributed by atoms with Crippen LogP contribution in [0.5, 0.6) is 0 Å². The number of anilines is 1. The summed E-state index contributed by atoms with van der Waals surface area (Å²) in [6, 6.07) is 8.64. The number of amides is 2. The van der Waals surface area contributed by atoms with Crippen molar-refractivity contribution in [3.63, 3.8) is 0 Å². The van der Waals surface area contributed by atoms with Crippen molar-refractivity contribution >= 4 is 46.4 Å². The van der Waals surface area contributed by atoms with Gasteiger partial charge in [0.05, 0.1) is 15.5 Å². The monoisotopic (exact) mass is 422 g/mol. The van der Waals surface area contributed by atoms with Crippen molar-refractivity contribution in [1.29, 1.82) is 0 Å². The molecule has 0 aliphatic carbocycles. The smallest absolute Gasteiger partial charge is 0.271 e. The summed E-state index contributed by atoms with van der Waals surface area (Å²) in [5.41, 5.74) is 6.42. The van der Waals surface area contributed by atoms with Crippen molar-refractivity contribution in [1.82, 2.24) is 10.9 Å². The first kappa shape index (κ1) is 21.2. The zero-order valence-electron chi connectivity index (χ0n) is 14.9. The summed E-state index contributed by atoms with van der Waals surface area (Å²) in [6.45, 7) is 3.35. The second-order valence-corrected chi connectivity index (χ2v) is 6.54. The number of hydrogen-bond acceptors (Lipinski definition) is 5. The number of nitro benzene ring substituents is 1. The molecule has 10 heteroatoms. The molecule has 0 saturated carbocycles. The van der Waals surface area contributed by atoms with Crippen LogP contribution in [0.25, 0.3) is 0 Å². The number of benzene rings is 2. The third kappa shape index (κ3) is 5.45. The van der Waals surface area contributed by atoms with Crippen LogP contribution in [0.15, 0.2) is 48.2 Å². The van der Waals surface area contributed by atoms with Crippen LogP contribution < -0.4 is 16.2 Å². The molecule has 0 radical (unpaired) electrons. The van der Waals surface area contributed by atoms with Crippen molar-refractivity contribution in [3.05, 3.63) is 79.5 Å². The highest BCUT2D eigenvalue weighted by Crippen LogP contribution is 2.23. The first-order chi connectivity index (χ1) is 13.2. The van der Waals surface area contributed by atoms with Gasteiger partial charge in [0, 0.05) is 34.6 Å². The van der Waals surface area contributed by atoms with Crippen LogP contribution in [0.2, 0.25) is 10.0 Å². The maximum absolute atomic E-state index is 12.1. The van der Waals surface area contributed by atoms with E-state index in [9.17, 15) is 19.7 Å². The first-order valence-electron chi connectivity index (χ1n) is 7.93. The number of allylic oxidation sites excluding steroid dienone is 1. The highest BCUT2D eigenvalue weighted by Gasteiger charge is 2.15. The van der Waals surface area contributed by atoms with E-state index in [4.69, 9.17) is 23.2 Å². The largest absolute Gasteiger partial charge is 0.322 e. The van der Waals surface area contributed by atoms with Crippen molar-refractivity contribution in [2.75, 3.05) is 5.32 Å². The molecule has 3 N–H and O–H groups in total. The van der Waals surface area contributed by atoms with Crippen LogP contribution in [0.1, 0.15) is 22.8 Å². The highest BCUT2D eigenvalue weighted by atomic mass is 35.5. The van der Waals surface area contributed by atoms with Gasteiger partial charge in [-0.15, -0.1) is 0 Å². The second kappa shape index (κ2) is 9.20. The molecule has 0 bridgehead atoms. The summed E-state index contributed by atoms with van der Waals surface area (Å²) >= 11 is 11.9. The van der Waals surface area contributed by atoms with Gasteiger partial charge in [-0.1, -0.05) is 29.3 Å². The molecular weight excluding hydrogens is 407 g/mol. The lowest BCUT2D eigenvalue weighted by Gasteiger charge is -2.11. The van der Waals surface area contributed by atoms with Gasteiger partial charge < -0.3 is 10.7 Å². The molecule has 0 spiro atoms. The second-order valence-electron chi connectivity index (χ2n) is 5.73. The fourth-order valence-corrected chi connectivity index (χ4v) is 2.60. The lowest BCUT2D eigenvalue weighted by molar-refractivity contribution is -0.384. The van der Waals surface area contributed by atoms with Crippen molar-refractivity contribution in [2.24, 2.45) is 0 Å². The molecule has 146 valence electrons. The molecule has 0 aliphatic rings. The third-order valence-corrected chi connectivity index (χ3v) is 4.38. The number of hydrogen-bond donors (Lipinski definition) is 3. The number of non-ortho nitro benzene ring substituents is 1. The maximum Gasteiger partial charge on any atom is 0.271 e. The van der Waals surface area contributed by atoms with Crippen LogP contribution >= 0.6 is 23.2 Å². The molecule has 0 aliphatic heterocycles. The van der Waals surface area contributed by atoms with E-state index in [2.05, 4.69) is 16.2 Å². The Hall–Kier alpha value is -3.10. The zero-order valence-corrected chi connectivity index (χ0v) is 16.4. The van der Waals surface area contributed by atoms with Crippen LogP contribution in [-0.2, 0) is 4.79 Å². The fraction of sp³-hybridized carbons (Fsp3) is 0.111. The third-order valence-electron chi connectivity index (χ3n) is 3.65. The lowest BCUT2D eigenvalue weighted by Crippen LogP contribution is -2.36. The predicted octanol–water partition coefficient (Wildman–Crippen LogP) is 3.99. The Labute approximate surface area is 170 Å². The van der Waals surface area contributed by atoms with Gasteiger partial charge in [0.1, 0.15) is 0 Å². The SMILES string of the molecule is CC(=CC(=O)Nc1cccc(Cl)c1C)NNC(=O)c1ccc([N+](=O)[O-])cc1Cl. The quantitative estimate of drug-likeness (QED) is 0.370. The van der Waals surface area contributed by atoms with E-state index in [1.165, 1.54) is 18.2 Å². The zero-order chi connectivity index (χ0) is 20.8. The highest BCUT2D eigenvalue weighted by molar-refractivity contribution is 6.34. The summed E-state index contributed by atoms with van der Waals surface area (Å²) in [5, 5.41) is 13.9. The molecule has 2 aromatic rings. The minimum atomic E-state index is -0.612. The number of hydrazine groups is 1. The van der Waals surface area contributed by atoms with E-state index in [1.54, 1.807) is 32.0 Å². The summed E-state index contributed by atoms with van der Waals surface area (Å²) in [7, 11) is 0. The molecular formula is C18H16Cl2N4O4. The minimum Gasteiger partial charge on any atom is -0.322 e. The molecule has 0 fully saturated rings. The van der Waals surface area contributed by atoms with Gasteiger partial charge in [-0.25, -0.2) is 0 Å². The summed E-state index contributed by atoms with van der Waals surface area (Å²) in [6.07, 6.45) is 1.25. The molecule has 0 aromatic heterocycles. The Morgan fingerprint density at radius 3 is 2.46 bits per heavy atom. The fourth-order valence-electron chi connectivity index (χ4n) is 2.17. The van der Waals surface area contributed by atoms with Gasteiger partial charge in [0.15, 0.2) is 0 Å². The normalized spacial score (nSPS) is 10.9. The Bertz CT molecular complexity index is 976. The molecule has 0 atom stereocenters. The Kier molecular flexibility index (Phi) is 6.97. The van der Waals surface area contributed by atoms with Crippen molar-refractivity contribution in [2.45, 2.75) is 13.8 Å². The van der Waals surface area contributed by atoms with Crippen LogP contribution in [-0.4, -0.2) is 16.7 Å². The van der Waals surface area contributed by atoms with E-state index in [0.29, 0.717) is 16.4 Å². The number of nitro groups is 1. The molecule has 0 heterocycles. The van der Waals surface area contributed by atoms with Gasteiger partial charge in [0.2, 0.25) is 5.91 Å². The maximum atomic E-state index is 12.1. The number of nitrogens with zero attached hydrogens (tertiary/aromatic N) is 1. The molecule has 28 heavy (non-hydrogen) atoms. The Morgan fingerprint density at radius 1 is 1.11 bits per heavy atom. The molecule has 2 rings (SSSR count). The minimum absolute atomic E-state index is 0.0478.